The topological polar surface area (TPSA) is 69.4 Å². The molecule has 1 heterocycles. The van der Waals surface area contributed by atoms with Gasteiger partial charge in [-0.3, -0.25) is 9.67 Å². The van der Waals surface area contributed by atoms with Crippen molar-refractivity contribution < 1.29 is 9.53 Å². The summed E-state index contributed by atoms with van der Waals surface area (Å²) in [7, 11) is 0. The molecule has 0 unspecified atom stereocenters. The zero-order chi connectivity index (χ0) is 12.8. The molecule has 0 spiro atoms. The molecular formula is C12H18N4O2. The number of rotatable bonds is 5. The Morgan fingerprint density at radius 3 is 3.22 bits per heavy atom. The number of carbonyl (C=O) groups is 1. The minimum atomic E-state index is -0.350. The van der Waals surface area contributed by atoms with Crippen LogP contribution < -0.4 is 0 Å². The van der Waals surface area contributed by atoms with Gasteiger partial charge in [-0.05, 0) is 32.1 Å². The standard InChI is InChI=1S/C12H18N4O2/c1-2-18-12(17)6-14-11-4-3-10(5-11)7-16-9-13-8-15-16/h6,8-11H,2-5,7H2,1H3/t10-,11+/m0/s1. The van der Waals surface area contributed by atoms with E-state index in [1.807, 2.05) is 4.68 Å². The maximum atomic E-state index is 11.1. The first-order valence-electron chi connectivity index (χ1n) is 6.30. The Bertz CT molecular complexity index is 402. The summed E-state index contributed by atoms with van der Waals surface area (Å²) in [5.74, 6) is 0.216. The monoisotopic (exact) mass is 250 g/mol. The molecule has 0 amide bonds. The van der Waals surface area contributed by atoms with Crippen molar-refractivity contribution in [3.05, 3.63) is 12.7 Å². The third-order valence-corrected chi connectivity index (χ3v) is 3.10. The van der Waals surface area contributed by atoms with Crippen LogP contribution in [0.15, 0.2) is 17.6 Å². The summed E-state index contributed by atoms with van der Waals surface area (Å²) in [6.07, 6.45) is 7.72. The Morgan fingerprint density at radius 2 is 2.50 bits per heavy atom. The molecule has 2 atom stereocenters. The summed E-state index contributed by atoms with van der Waals surface area (Å²) in [5.41, 5.74) is 0. The van der Waals surface area contributed by atoms with Gasteiger partial charge in [-0.1, -0.05) is 0 Å². The van der Waals surface area contributed by atoms with Gasteiger partial charge in [0.1, 0.15) is 18.9 Å². The highest BCUT2D eigenvalue weighted by atomic mass is 16.5. The van der Waals surface area contributed by atoms with Gasteiger partial charge in [0.25, 0.3) is 0 Å². The molecule has 1 aliphatic rings. The van der Waals surface area contributed by atoms with Crippen LogP contribution in [0.5, 0.6) is 0 Å². The van der Waals surface area contributed by atoms with Crippen LogP contribution >= 0.6 is 0 Å². The number of esters is 1. The average molecular weight is 250 g/mol. The highest BCUT2D eigenvalue weighted by Crippen LogP contribution is 2.28. The lowest BCUT2D eigenvalue weighted by molar-refractivity contribution is -0.134. The Balaban J connectivity index is 1.76. The lowest BCUT2D eigenvalue weighted by Gasteiger charge is -2.08. The van der Waals surface area contributed by atoms with Crippen LogP contribution in [0.25, 0.3) is 0 Å². The molecule has 0 aromatic carbocycles. The van der Waals surface area contributed by atoms with Gasteiger partial charge in [0.2, 0.25) is 0 Å². The SMILES string of the molecule is CCOC(=O)C=N[C@@H]1CC[C@H](Cn2cncn2)C1. The summed E-state index contributed by atoms with van der Waals surface area (Å²) in [6.45, 7) is 3.06. The van der Waals surface area contributed by atoms with E-state index in [1.54, 1.807) is 19.6 Å². The number of hydrogen-bond donors (Lipinski definition) is 0. The highest BCUT2D eigenvalue weighted by Gasteiger charge is 2.24. The molecule has 6 nitrogen and oxygen atoms in total. The molecule has 0 N–H and O–H groups in total. The number of aliphatic imine (C=N–C) groups is 1. The summed E-state index contributed by atoms with van der Waals surface area (Å²) in [5, 5.41) is 4.10. The van der Waals surface area contributed by atoms with Gasteiger partial charge in [-0.15, -0.1) is 0 Å². The summed E-state index contributed by atoms with van der Waals surface area (Å²) < 4.78 is 6.65. The average Bonchev–Trinajstić information content (AvgIpc) is 2.99. The molecule has 1 aromatic rings. The van der Waals surface area contributed by atoms with Crippen LogP contribution in [-0.4, -0.2) is 39.6 Å². The molecule has 18 heavy (non-hydrogen) atoms. The van der Waals surface area contributed by atoms with Crippen molar-refractivity contribution in [2.24, 2.45) is 10.9 Å². The fourth-order valence-electron chi connectivity index (χ4n) is 2.29. The van der Waals surface area contributed by atoms with E-state index >= 15 is 0 Å². The lowest BCUT2D eigenvalue weighted by atomic mass is 10.1. The summed E-state index contributed by atoms with van der Waals surface area (Å²) >= 11 is 0. The van der Waals surface area contributed by atoms with Crippen molar-refractivity contribution >= 4 is 12.2 Å². The first-order chi connectivity index (χ1) is 8.78. The van der Waals surface area contributed by atoms with Gasteiger partial charge in [0.05, 0.1) is 12.6 Å². The molecule has 1 fully saturated rings. The van der Waals surface area contributed by atoms with E-state index in [1.165, 1.54) is 6.21 Å². The molecule has 0 aliphatic heterocycles. The van der Waals surface area contributed by atoms with E-state index in [2.05, 4.69) is 15.1 Å². The molecule has 0 radical (unpaired) electrons. The first-order valence-corrected chi connectivity index (χ1v) is 6.30. The molecule has 1 aromatic heterocycles. The molecule has 1 aliphatic carbocycles. The number of ether oxygens (including phenoxy) is 1. The van der Waals surface area contributed by atoms with E-state index in [9.17, 15) is 4.79 Å². The Hall–Kier alpha value is -1.72. The zero-order valence-electron chi connectivity index (χ0n) is 10.5. The van der Waals surface area contributed by atoms with Crippen molar-refractivity contribution in [3.8, 4) is 0 Å². The fourth-order valence-corrected chi connectivity index (χ4v) is 2.29. The Morgan fingerprint density at radius 1 is 1.61 bits per heavy atom. The number of hydrogen-bond acceptors (Lipinski definition) is 5. The normalized spacial score (nSPS) is 23.6. The van der Waals surface area contributed by atoms with Gasteiger partial charge in [-0.2, -0.15) is 5.10 Å². The second kappa shape index (κ2) is 6.28. The molecule has 1 saturated carbocycles. The van der Waals surface area contributed by atoms with E-state index in [4.69, 9.17) is 4.74 Å². The molecule has 0 saturated heterocycles. The van der Waals surface area contributed by atoms with E-state index in [0.717, 1.165) is 25.8 Å². The quantitative estimate of drug-likeness (QED) is 0.579. The highest BCUT2D eigenvalue weighted by molar-refractivity contribution is 6.23. The third-order valence-electron chi connectivity index (χ3n) is 3.10. The van der Waals surface area contributed by atoms with Gasteiger partial charge in [-0.25, -0.2) is 9.78 Å². The second-order valence-corrected chi connectivity index (χ2v) is 4.48. The summed E-state index contributed by atoms with van der Waals surface area (Å²) in [4.78, 5) is 19.3. The maximum absolute atomic E-state index is 11.1. The van der Waals surface area contributed by atoms with Crippen LogP contribution in [0.3, 0.4) is 0 Å². The van der Waals surface area contributed by atoms with Crippen molar-refractivity contribution in [2.75, 3.05) is 6.61 Å². The first kappa shape index (κ1) is 12.7. The molecule has 2 rings (SSSR count). The Labute approximate surface area is 106 Å². The fraction of sp³-hybridized carbons (Fsp3) is 0.667. The van der Waals surface area contributed by atoms with Crippen LogP contribution in [0.1, 0.15) is 26.2 Å². The van der Waals surface area contributed by atoms with Crippen LogP contribution in [0.2, 0.25) is 0 Å². The predicted octanol–water partition coefficient (Wildman–Crippen LogP) is 1.08. The van der Waals surface area contributed by atoms with Crippen LogP contribution in [0.4, 0.5) is 0 Å². The number of aromatic nitrogens is 3. The van der Waals surface area contributed by atoms with Crippen molar-refractivity contribution in [1.29, 1.82) is 0 Å². The second-order valence-electron chi connectivity index (χ2n) is 4.48. The van der Waals surface area contributed by atoms with E-state index < -0.39 is 0 Å². The zero-order valence-corrected chi connectivity index (χ0v) is 10.5. The van der Waals surface area contributed by atoms with Crippen molar-refractivity contribution in [2.45, 2.75) is 38.8 Å². The lowest BCUT2D eigenvalue weighted by Crippen LogP contribution is -2.10. The molecule has 98 valence electrons. The maximum Gasteiger partial charge on any atom is 0.348 e. The van der Waals surface area contributed by atoms with Crippen molar-refractivity contribution in [1.82, 2.24) is 14.8 Å². The van der Waals surface area contributed by atoms with Gasteiger partial charge in [0, 0.05) is 6.54 Å². The molecule has 0 bridgehead atoms. The van der Waals surface area contributed by atoms with Gasteiger partial charge in [0.15, 0.2) is 0 Å². The minimum absolute atomic E-state index is 0.239. The van der Waals surface area contributed by atoms with Gasteiger partial charge < -0.3 is 4.74 Å². The van der Waals surface area contributed by atoms with Crippen LogP contribution in [-0.2, 0) is 16.1 Å². The third kappa shape index (κ3) is 3.65. The largest absolute Gasteiger partial charge is 0.462 e. The van der Waals surface area contributed by atoms with Crippen molar-refractivity contribution in [3.63, 3.8) is 0 Å². The van der Waals surface area contributed by atoms with Gasteiger partial charge >= 0.3 is 5.97 Å². The smallest absolute Gasteiger partial charge is 0.348 e. The number of nitrogens with zero attached hydrogens (tertiary/aromatic N) is 4. The van der Waals surface area contributed by atoms with E-state index in [0.29, 0.717) is 12.5 Å². The van der Waals surface area contributed by atoms with E-state index in [-0.39, 0.29) is 12.0 Å². The Kier molecular flexibility index (Phi) is 4.44. The van der Waals surface area contributed by atoms with Crippen LogP contribution in [0, 0.1) is 5.92 Å². The number of carbonyl (C=O) groups excluding carboxylic acids is 1. The summed E-state index contributed by atoms with van der Waals surface area (Å²) in [6, 6.07) is 0.239. The molecular weight excluding hydrogens is 232 g/mol. The molecule has 6 heteroatoms. The minimum Gasteiger partial charge on any atom is -0.462 e. The predicted molar refractivity (Wildman–Crippen MR) is 66.3 cm³/mol.